The van der Waals surface area contributed by atoms with Crippen molar-refractivity contribution in [1.29, 1.82) is 0 Å². The molecule has 3 aliphatic rings. The SMILES string of the molecule is Cc1cc2c(cc1C)N([C@H]1CCCS1)c1c([nH]c(=O)[nH]c1=O)N2C[C@H](O)[C@H](O)[C@H](O)COP(=O)(O)OP(=O)(O)OC[C@H]1O[C@@H](n2cnc3c(N)ncnc32)[C@H](O)[C@@H]1O. The molecule has 27 heteroatoms. The average molecular weight is 874 g/mol. The molecule has 2 saturated heterocycles. The molecular weight excluding hydrogens is 832 g/mol. The molecule has 24 nitrogen and oxygen atoms in total. The number of H-pyrrole nitrogens is 2. The van der Waals surface area contributed by atoms with Gasteiger partial charge in [-0.25, -0.2) is 28.9 Å². The average Bonchev–Trinajstić information content (AvgIpc) is 3.91. The number of ether oxygens (including phenoxy) is 1. The van der Waals surface area contributed by atoms with Crippen molar-refractivity contribution in [3.8, 4) is 0 Å². The number of aliphatic hydroxyl groups excluding tert-OH is 5. The van der Waals surface area contributed by atoms with E-state index >= 15 is 0 Å². The number of aromatic nitrogens is 6. The first-order valence-electron chi connectivity index (χ1n) is 17.7. The minimum atomic E-state index is -5.55. The van der Waals surface area contributed by atoms with Crippen LogP contribution in [0.3, 0.4) is 0 Å². The minimum absolute atomic E-state index is 0.0245. The van der Waals surface area contributed by atoms with Crippen LogP contribution in [0.5, 0.6) is 0 Å². The first-order chi connectivity index (χ1) is 27.4. The van der Waals surface area contributed by atoms with E-state index in [1.165, 1.54) is 15.8 Å². The van der Waals surface area contributed by atoms with Gasteiger partial charge in [-0.1, -0.05) is 0 Å². The highest BCUT2D eigenvalue weighted by molar-refractivity contribution is 8.00. The number of fused-ring (bicyclic) bond motifs is 3. The van der Waals surface area contributed by atoms with Crippen LogP contribution >= 0.6 is 27.4 Å². The summed E-state index contributed by atoms with van der Waals surface area (Å²) in [6.07, 6.45) is -8.18. The summed E-state index contributed by atoms with van der Waals surface area (Å²) in [6, 6.07) is 3.66. The maximum atomic E-state index is 13.3. The highest BCUT2D eigenvalue weighted by Crippen LogP contribution is 2.60. The predicted molar refractivity (Wildman–Crippen MR) is 205 cm³/mol. The number of nitrogen functional groups attached to an aromatic ring is 1. The topological polar surface area (TPSA) is 354 Å². The molecular formula is C31H41N9O15P2S. The zero-order valence-corrected chi connectivity index (χ0v) is 33.2. The second kappa shape index (κ2) is 16.3. The van der Waals surface area contributed by atoms with Crippen LogP contribution in [0.1, 0.15) is 30.2 Å². The number of β-amino-alcohol motifs (C(OH)–C–C–N with tert-alkyl or cyclic N) is 1. The number of phosphoric acid groups is 2. The molecule has 0 saturated carbocycles. The van der Waals surface area contributed by atoms with Crippen molar-refractivity contribution < 1.29 is 62.5 Å². The van der Waals surface area contributed by atoms with Crippen LogP contribution in [0, 0.1) is 13.8 Å². The van der Waals surface area contributed by atoms with E-state index in [-0.39, 0.29) is 33.9 Å². The van der Waals surface area contributed by atoms with Crippen LogP contribution in [-0.4, -0.2) is 132 Å². The van der Waals surface area contributed by atoms with Gasteiger partial charge in [0.15, 0.2) is 23.4 Å². The number of thioether (sulfide) groups is 1. The van der Waals surface area contributed by atoms with Gasteiger partial charge in [0.25, 0.3) is 5.56 Å². The second-order valence-corrected chi connectivity index (χ2v) is 18.2. The zero-order valence-electron chi connectivity index (χ0n) is 30.6. The lowest BCUT2D eigenvalue weighted by Crippen LogP contribution is -2.48. The first kappa shape index (κ1) is 42.3. The third-order valence-electron chi connectivity index (χ3n) is 9.92. The smallest absolute Gasteiger partial charge is 0.388 e. The summed E-state index contributed by atoms with van der Waals surface area (Å²) in [5, 5.41) is 53.8. The Balaban J connectivity index is 0.984. The number of hydrogen-bond donors (Lipinski definition) is 10. The molecule has 11 N–H and O–H groups in total. The lowest BCUT2D eigenvalue weighted by molar-refractivity contribution is -0.0719. The monoisotopic (exact) mass is 873 g/mol. The summed E-state index contributed by atoms with van der Waals surface area (Å²) in [6.45, 7) is 1.06. The molecule has 4 aromatic rings. The minimum Gasteiger partial charge on any atom is -0.388 e. The molecule has 2 unspecified atom stereocenters. The molecule has 0 amide bonds. The Labute approximate surface area is 331 Å². The zero-order chi connectivity index (χ0) is 41.8. The summed E-state index contributed by atoms with van der Waals surface area (Å²) >= 11 is 1.64. The van der Waals surface area contributed by atoms with Gasteiger partial charge in [0.05, 0.1) is 42.8 Å². The number of phosphoric ester groups is 2. The molecule has 0 spiro atoms. The van der Waals surface area contributed by atoms with Gasteiger partial charge in [0, 0.05) is 0 Å². The highest BCUT2D eigenvalue weighted by atomic mass is 32.2. The molecule has 6 heterocycles. The quantitative estimate of drug-likeness (QED) is 0.0714. The van der Waals surface area contributed by atoms with E-state index in [0.29, 0.717) is 11.4 Å². The molecule has 3 aromatic heterocycles. The van der Waals surface area contributed by atoms with Crippen LogP contribution in [0.15, 0.2) is 34.4 Å². The van der Waals surface area contributed by atoms with Gasteiger partial charge in [-0.2, -0.15) is 4.31 Å². The van der Waals surface area contributed by atoms with Crippen LogP contribution in [0.2, 0.25) is 0 Å². The fraction of sp³-hybridized carbons (Fsp3) is 0.516. The van der Waals surface area contributed by atoms with Crippen LogP contribution in [0.4, 0.5) is 28.7 Å². The Kier molecular flexibility index (Phi) is 11.9. The van der Waals surface area contributed by atoms with E-state index in [9.17, 15) is 54.0 Å². The normalized spacial score (nSPS) is 25.6. The van der Waals surface area contributed by atoms with Gasteiger partial charge in [0.1, 0.15) is 54.3 Å². The Morgan fingerprint density at radius 2 is 1.71 bits per heavy atom. The summed E-state index contributed by atoms with van der Waals surface area (Å²) in [7, 11) is -11.0. The third-order valence-corrected chi connectivity index (χ3v) is 13.9. The summed E-state index contributed by atoms with van der Waals surface area (Å²) in [5.74, 6) is 0.911. The molecule has 1 aromatic carbocycles. The summed E-state index contributed by atoms with van der Waals surface area (Å²) < 4.78 is 45.8. The number of benzene rings is 1. The van der Waals surface area contributed by atoms with E-state index < -0.39 is 89.5 Å². The largest absolute Gasteiger partial charge is 0.481 e. The van der Waals surface area contributed by atoms with E-state index in [2.05, 4.69) is 33.8 Å². The van der Waals surface area contributed by atoms with Crippen LogP contribution in [-0.2, 0) is 27.2 Å². The van der Waals surface area contributed by atoms with Gasteiger partial charge in [-0.3, -0.25) is 28.4 Å². The lowest BCUT2D eigenvalue weighted by atomic mass is 10.0. The number of rotatable bonds is 14. The highest BCUT2D eigenvalue weighted by Gasteiger charge is 2.47. The van der Waals surface area contributed by atoms with Crippen molar-refractivity contribution in [3.05, 3.63) is 56.8 Å². The predicted octanol–water partition coefficient (Wildman–Crippen LogP) is -0.503. The number of anilines is 5. The van der Waals surface area contributed by atoms with E-state index in [0.717, 1.165) is 36.0 Å². The maximum absolute atomic E-state index is 13.3. The van der Waals surface area contributed by atoms with Gasteiger partial charge in [-0.15, -0.1) is 11.8 Å². The number of aromatic amines is 2. The van der Waals surface area contributed by atoms with Crippen molar-refractivity contribution in [1.82, 2.24) is 29.5 Å². The first-order valence-corrected chi connectivity index (χ1v) is 21.7. The van der Waals surface area contributed by atoms with Crippen molar-refractivity contribution in [2.24, 2.45) is 0 Å². The van der Waals surface area contributed by atoms with Crippen molar-refractivity contribution in [2.75, 3.05) is 41.0 Å². The Bertz CT molecular complexity index is 2400. The molecule has 0 radical (unpaired) electrons. The Morgan fingerprint density at radius 1 is 1.00 bits per heavy atom. The molecule has 0 bridgehead atoms. The van der Waals surface area contributed by atoms with Gasteiger partial charge < -0.3 is 55.6 Å². The molecule has 7 rings (SSSR count). The number of aliphatic hydroxyl groups is 5. The van der Waals surface area contributed by atoms with Gasteiger partial charge >= 0.3 is 21.3 Å². The van der Waals surface area contributed by atoms with Crippen LogP contribution < -0.4 is 26.8 Å². The third kappa shape index (κ3) is 8.33. The number of nitrogens with zero attached hydrogens (tertiary/aromatic N) is 6. The fourth-order valence-electron chi connectivity index (χ4n) is 6.89. The lowest BCUT2D eigenvalue weighted by Gasteiger charge is -2.42. The number of aryl methyl sites for hydroxylation is 2. The van der Waals surface area contributed by atoms with E-state index in [1.807, 2.05) is 24.8 Å². The van der Waals surface area contributed by atoms with Crippen LogP contribution in [0.25, 0.3) is 11.2 Å². The number of hydrogen-bond acceptors (Lipinski definition) is 20. The number of nitrogens with two attached hydrogens (primary N) is 1. The fourth-order valence-corrected chi connectivity index (χ4v) is 10.3. The summed E-state index contributed by atoms with van der Waals surface area (Å²) in [4.78, 5) is 66.3. The molecule has 58 heavy (non-hydrogen) atoms. The van der Waals surface area contributed by atoms with E-state index in [4.69, 9.17) is 15.0 Å². The number of nitrogens with one attached hydrogen (secondary N) is 2. The Morgan fingerprint density at radius 3 is 2.41 bits per heavy atom. The molecule has 316 valence electrons. The molecule has 0 aliphatic carbocycles. The van der Waals surface area contributed by atoms with Gasteiger partial charge in [0.2, 0.25) is 0 Å². The standard InChI is InChI=1S/C31H41N9O15P2S/c1-13-6-15-16(7-14(13)2)40(20-4-3-5-58-20)22-28(36-31(47)37-29(22)46)38(15)8-17(41)23(43)18(42)9-52-56(48,49)55-57(50,51)53-10-19-24(44)25(45)30(54-19)39-12-35-21-26(32)33-11-34-27(21)39/h6-7,11-12,17-20,23-25,30,41-45H,3-5,8-10H2,1-2H3,(H,48,49)(H,50,51)(H2,32,33,34)(H2,36,37,46,47)/t17-,18+,19+,20+,23-,24+,25+,30+/m0/s1. The van der Waals surface area contributed by atoms with E-state index in [1.54, 1.807) is 17.8 Å². The molecule has 3 aliphatic heterocycles. The maximum Gasteiger partial charge on any atom is 0.481 e. The van der Waals surface area contributed by atoms with Crippen molar-refractivity contribution in [3.63, 3.8) is 0 Å². The second-order valence-electron chi connectivity index (χ2n) is 13.8. The van der Waals surface area contributed by atoms with Gasteiger partial charge in [-0.05, 0) is 55.7 Å². The number of imidazole rings is 1. The summed E-state index contributed by atoms with van der Waals surface area (Å²) in [5.41, 5.74) is 7.50. The molecule has 10 atom stereocenters. The van der Waals surface area contributed by atoms with Crippen molar-refractivity contribution in [2.45, 2.75) is 74.9 Å². The Hall–Kier alpha value is -3.78. The van der Waals surface area contributed by atoms with Crippen molar-refractivity contribution >= 4 is 67.3 Å². The molecule has 2 fully saturated rings.